The van der Waals surface area contributed by atoms with Gasteiger partial charge in [0.2, 0.25) is 5.88 Å². The molecule has 2 aromatic carbocycles. The molecule has 1 heterocycles. The van der Waals surface area contributed by atoms with Gasteiger partial charge in [-0.3, -0.25) is 0 Å². The highest BCUT2D eigenvalue weighted by atomic mass is 79.9. The van der Waals surface area contributed by atoms with Crippen molar-refractivity contribution in [3.63, 3.8) is 0 Å². The number of nitrogens with zero attached hydrogens (tertiary/aromatic N) is 1. The van der Waals surface area contributed by atoms with Gasteiger partial charge in [0.1, 0.15) is 0 Å². The molecule has 100 valence electrons. The first-order valence-corrected chi connectivity index (χ1v) is 7.34. The third kappa shape index (κ3) is 2.41. The van der Waals surface area contributed by atoms with Crippen molar-refractivity contribution in [2.75, 3.05) is 7.11 Å². The Hall–Kier alpha value is -1.87. The molecule has 20 heavy (non-hydrogen) atoms. The molecule has 1 aromatic heterocycles. The minimum Gasteiger partial charge on any atom is -0.481 e. The van der Waals surface area contributed by atoms with Crippen LogP contribution in [0.3, 0.4) is 0 Å². The zero-order chi connectivity index (χ0) is 13.9. The van der Waals surface area contributed by atoms with Gasteiger partial charge in [0.05, 0.1) is 17.5 Å². The summed E-state index contributed by atoms with van der Waals surface area (Å²) in [6.07, 6.45) is 0. The number of benzene rings is 2. The molecule has 0 aliphatic carbocycles. The molecular formula is C17H14BrNO. The average molecular weight is 328 g/mol. The van der Waals surface area contributed by atoms with Crippen LogP contribution in [0.5, 0.6) is 5.88 Å². The maximum absolute atomic E-state index is 5.45. The van der Waals surface area contributed by atoms with Crippen molar-refractivity contribution in [2.24, 2.45) is 0 Å². The Morgan fingerprint density at radius 1 is 1.00 bits per heavy atom. The summed E-state index contributed by atoms with van der Waals surface area (Å²) in [6.45, 7) is 0. The monoisotopic (exact) mass is 327 g/mol. The molecule has 0 aliphatic heterocycles. The van der Waals surface area contributed by atoms with Crippen LogP contribution >= 0.6 is 15.9 Å². The van der Waals surface area contributed by atoms with E-state index < -0.39 is 0 Å². The molecule has 1 unspecified atom stereocenters. The first kappa shape index (κ1) is 13.1. The third-order valence-corrected chi connectivity index (χ3v) is 4.30. The number of alkyl halides is 1. The van der Waals surface area contributed by atoms with Crippen LogP contribution in [0.1, 0.15) is 16.0 Å². The third-order valence-electron chi connectivity index (χ3n) is 3.28. The van der Waals surface area contributed by atoms with E-state index in [1.165, 1.54) is 5.56 Å². The van der Waals surface area contributed by atoms with Crippen molar-refractivity contribution >= 4 is 26.8 Å². The SMILES string of the molecule is COc1nc2ccccc2cc1C(Br)c1ccccc1. The summed E-state index contributed by atoms with van der Waals surface area (Å²) in [5.41, 5.74) is 3.17. The molecule has 1 atom stereocenters. The van der Waals surface area contributed by atoms with E-state index in [1.54, 1.807) is 7.11 Å². The number of ether oxygens (including phenoxy) is 1. The lowest BCUT2D eigenvalue weighted by Crippen LogP contribution is -1.99. The highest BCUT2D eigenvalue weighted by Gasteiger charge is 2.17. The fourth-order valence-corrected chi connectivity index (χ4v) is 2.89. The predicted molar refractivity (Wildman–Crippen MR) is 85.5 cm³/mol. The van der Waals surface area contributed by atoms with Crippen LogP contribution in [0.15, 0.2) is 60.7 Å². The lowest BCUT2D eigenvalue weighted by atomic mass is 10.0. The number of halogens is 1. The summed E-state index contributed by atoms with van der Waals surface area (Å²) >= 11 is 3.75. The molecule has 0 saturated carbocycles. The number of para-hydroxylation sites is 1. The van der Waals surface area contributed by atoms with Gasteiger partial charge in [-0.1, -0.05) is 64.5 Å². The number of aromatic nitrogens is 1. The van der Waals surface area contributed by atoms with E-state index in [0.29, 0.717) is 5.88 Å². The molecule has 0 aliphatic rings. The van der Waals surface area contributed by atoms with E-state index in [2.05, 4.69) is 45.2 Å². The fourth-order valence-electron chi connectivity index (χ4n) is 2.26. The minimum atomic E-state index is 0.0655. The molecule has 2 nitrogen and oxygen atoms in total. The number of hydrogen-bond acceptors (Lipinski definition) is 2. The zero-order valence-corrected chi connectivity index (χ0v) is 12.7. The van der Waals surface area contributed by atoms with E-state index >= 15 is 0 Å². The molecule has 0 radical (unpaired) electrons. The molecular weight excluding hydrogens is 314 g/mol. The van der Waals surface area contributed by atoms with Crippen LogP contribution in [-0.4, -0.2) is 12.1 Å². The normalized spacial score (nSPS) is 12.3. The Kier molecular flexibility index (Phi) is 3.70. The Morgan fingerprint density at radius 3 is 2.45 bits per heavy atom. The Morgan fingerprint density at radius 2 is 1.70 bits per heavy atom. The van der Waals surface area contributed by atoms with Gasteiger partial charge in [-0.25, -0.2) is 4.98 Å². The summed E-state index contributed by atoms with van der Waals surface area (Å²) in [6, 6.07) is 20.5. The molecule has 0 saturated heterocycles. The zero-order valence-electron chi connectivity index (χ0n) is 11.1. The topological polar surface area (TPSA) is 22.1 Å². The van der Waals surface area contributed by atoms with E-state index in [0.717, 1.165) is 16.5 Å². The van der Waals surface area contributed by atoms with Crippen LogP contribution in [0, 0.1) is 0 Å². The lowest BCUT2D eigenvalue weighted by Gasteiger charge is -2.15. The number of hydrogen-bond donors (Lipinski definition) is 0. The second-order valence-electron chi connectivity index (χ2n) is 4.55. The molecule has 0 amide bonds. The van der Waals surface area contributed by atoms with Gasteiger partial charge >= 0.3 is 0 Å². The number of pyridine rings is 1. The first-order chi connectivity index (χ1) is 9.79. The van der Waals surface area contributed by atoms with Gasteiger partial charge in [-0.05, 0) is 17.7 Å². The van der Waals surface area contributed by atoms with E-state index in [9.17, 15) is 0 Å². The highest BCUT2D eigenvalue weighted by Crippen LogP contribution is 2.37. The van der Waals surface area contributed by atoms with Gasteiger partial charge in [-0.2, -0.15) is 0 Å². The Labute approximate surface area is 126 Å². The molecule has 3 heteroatoms. The lowest BCUT2D eigenvalue weighted by molar-refractivity contribution is 0.395. The number of methoxy groups -OCH3 is 1. The quantitative estimate of drug-likeness (QED) is 0.649. The molecule has 0 fully saturated rings. The van der Waals surface area contributed by atoms with Crippen LogP contribution in [-0.2, 0) is 0 Å². The average Bonchev–Trinajstić information content (AvgIpc) is 2.53. The molecule has 0 N–H and O–H groups in total. The van der Waals surface area contributed by atoms with Crippen molar-refractivity contribution < 1.29 is 4.74 Å². The summed E-state index contributed by atoms with van der Waals surface area (Å²) in [7, 11) is 1.66. The summed E-state index contributed by atoms with van der Waals surface area (Å²) in [4.78, 5) is 4.65. The van der Waals surface area contributed by atoms with E-state index in [-0.39, 0.29) is 4.83 Å². The van der Waals surface area contributed by atoms with Crippen molar-refractivity contribution in [2.45, 2.75) is 4.83 Å². The van der Waals surface area contributed by atoms with Crippen molar-refractivity contribution in [3.8, 4) is 5.88 Å². The summed E-state index contributed by atoms with van der Waals surface area (Å²) in [5.74, 6) is 0.662. The molecule has 3 rings (SSSR count). The summed E-state index contributed by atoms with van der Waals surface area (Å²) < 4.78 is 5.45. The van der Waals surface area contributed by atoms with Crippen molar-refractivity contribution in [3.05, 3.63) is 71.8 Å². The van der Waals surface area contributed by atoms with Crippen molar-refractivity contribution in [1.82, 2.24) is 4.98 Å². The molecule has 0 bridgehead atoms. The largest absolute Gasteiger partial charge is 0.481 e. The Bertz CT molecular complexity index is 727. The molecule has 3 aromatic rings. The maximum Gasteiger partial charge on any atom is 0.218 e. The van der Waals surface area contributed by atoms with Crippen molar-refractivity contribution in [1.29, 1.82) is 0 Å². The first-order valence-electron chi connectivity index (χ1n) is 6.42. The second kappa shape index (κ2) is 5.63. The van der Waals surface area contributed by atoms with Crippen LogP contribution in [0.2, 0.25) is 0 Å². The van der Waals surface area contributed by atoms with Crippen LogP contribution < -0.4 is 4.74 Å². The number of rotatable bonds is 3. The van der Waals surface area contributed by atoms with E-state index in [4.69, 9.17) is 4.74 Å². The van der Waals surface area contributed by atoms with Crippen LogP contribution in [0.25, 0.3) is 10.9 Å². The summed E-state index contributed by atoms with van der Waals surface area (Å²) in [5, 5.41) is 1.11. The fraction of sp³-hybridized carbons (Fsp3) is 0.118. The predicted octanol–water partition coefficient (Wildman–Crippen LogP) is 4.73. The number of fused-ring (bicyclic) bond motifs is 1. The van der Waals surface area contributed by atoms with Gasteiger partial charge in [0.15, 0.2) is 0 Å². The Balaban J connectivity index is 2.14. The standard InChI is InChI=1S/C17H14BrNO/c1-20-17-14(16(18)12-7-3-2-4-8-12)11-13-9-5-6-10-15(13)19-17/h2-11,16H,1H3. The molecule has 0 spiro atoms. The van der Waals surface area contributed by atoms with E-state index in [1.807, 2.05) is 36.4 Å². The van der Waals surface area contributed by atoms with Gasteiger partial charge in [0.25, 0.3) is 0 Å². The second-order valence-corrected chi connectivity index (χ2v) is 5.47. The minimum absolute atomic E-state index is 0.0655. The highest BCUT2D eigenvalue weighted by molar-refractivity contribution is 9.09. The maximum atomic E-state index is 5.45. The smallest absolute Gasteiger partial charge is 0.218 e. The van der Waals surface area contributed by atoms with Gasteiger partial charge in [0, 0.05) is 10.9 Å². The van der Waals surface area contributed by atoms with Gasteiger partial charge in [-0.15, -0.1) is 0 Å². The van der Waals surface area contributed by atoms with Gasteiger partial charge < -0.3 is 4.74 Å². The van der Waals surface area contributed by atoms with Crippen LogP contribution in [0.4, 0.5) is 0 Å².